The molecule has 0 aliphatic rings. The molecule has 0 N–H and O–H groups in total. The molecule has 67 heavy (non-hydrogen) atoms. The van der Waals surface area contributed by atoms with E-state index in [-0.39, 0.29) is 0 Å². The monoisotopic (exact) mass is 849 g/mol. The van der Waals surface area contributed by atoms with Gasteiger partial charge < -0.3 is 0 Å². The molecule has 0 radical (unpaired) electrons. The Kier molecular flexibility index (Phi) is 8.28. The van der Waals surface area contributed by atoms with E-state index in [1.54, 1.807) is 0 Å². The van der Waals surface area contributed by atoms with E-state index in [2.05, 4.69) is 241 Å². The van der Waals surface area contributed by atoms with Crippen LogP contribution in [-0.4, -0.2) is 14.8 Å². The molecule has 0 saturated carbocycles. The average Bonchev–Trinajstić information content (AvgIpc) is 3.85. The van der Waals surface area contributed by atoms with E-state index in [0.29, 0.717) is 0 Å². The Bertz CT molecular complexity index is 4180. The molecule has 0 fully saturated rings. The second kappa shape index (κ2) is 14.8. The normalized spacial score (nSPS) is 11.9. The van der Waals surface area contributed by atoms with Gasteiger partial charge in [0.1, 0.15) is 0 Å². The quantitative estimate of drug-likeness (QED) is 0.156. The van der Waals surface area contributed by atoms with Crippen LogP contribution in [0.5, 0.6) is 0 Å². The van der Waals surface area contributed by atoms with Crippen molar-refractivity contribution in [3.8, 4) is 61.8 Å². The maximum atomic E-state index is 4.91. The van der Waals surface area contributed by atoms with Gasteiger partial charge in [-0.15, -0.1) is 10.2 Å². The largest absolute Gasteiger partial charge is 0.275 e. The maximum absolute atomic E-state index is 4.91. The fourth-order valence-corrected chi connectivity index (χ4v) is 10.7. The molecule has 0 aliphatic carbocycles. The molecule has 3 nitrogen and oxygen atoms in total. The Morgan fingerprint density at radius 3 is 1.13 bits per heavy atom. The van der Waals surface area contributed by atoms with Gasteiger partial charge >= 0.3 is 0 Å². The van der Waals surface area contributed by atoms with Crippen molar-refractivity contribution in [2.75, 3.05) is 0 Å². The molecule has 0 amide bonds. The van der Waals surface area contributed by atoms with Crippen molar-refractivity contribution >= 4 is 75.4 Å². The minimum Gasteiger partial charge on any atom is -0.275 e. The first-order valence-corrected chi connectivity index (χ1v) is 23.0. The van der Waals surface area contributed by atoms with Crippen molar-refractivity contribution in [3.05, 3.63) is 237 Å². The molecule has 0 bridgehead atoms. The predicted molar refractivity (Wildman–Crippen MR) is 282 cm³/mol. The topological polar surface area (TPSA) is 30.7 Å². The van der Waals surface area contributed by atoms with Gasteiger partial charge in [-0.2, -0.15) is 0 Å². The predicted octanol–water partition coefficient (Wildman–Crippen LogP) is 17.1. The standard InChI is InChI=1S/C64H39N3/c1-5-14-46-34-50(25-20-40(46)10-1)60-57-19-9-18-45-24-27-52-38-55(39-58(61(52)59(45)57)62(60)51-26-21-41-11-2-6-15-47(41)35-51)44-30-32-56(33-31-44)67-63(53-28-22-42-12-3-7-16-48(42)36-53)65-66-64(67)54-29-23-43-13-4-8-17-49(43)37-54/h1-39H. The summed E-state index contributed by atoms with van der Waals surface area (Å²) in [5, 5.41) is 27.0. The number of fused-ring (bicyclic) bond motifs is 4. The third kappa shape index (κ3) is 6.06. The van der Waals surface area contributed by atoms with Gasteiger partial charge in [0.2, 0.25) is 0 Å². The van der Waals surface area contributed by atoms with Gasteiger partial charge in [-0.3, -0.25) is 4.57 Å². The van der Waals surface area contributed by atoms with Crippen molar-refractivity contribution in [3.63, 3.8) is 0 Å². The molecule has 3 heteroatoms. The summed E-state index contributed by atoms with van der Waals surface area (Å²) >= 11 is 0. The Morgan fingerprint density at radius 1 is 0.239 bits per heavy atom. The van der Waals surface area contributed by atoms with Crippen LogP contribution in [0.25, 0.3) is 137 Å². The Morgan fingerprint density at radius 2 is 0.612 bits per heavy atom. The number of hydrogen-bond donors (Lipinski definition) is 0. The van der Waals surface area contributed by atoms with Gasteiger partial charge in [-0.1, -0.05) is 188 Å². The maximum Gasteiger partial charge on any atom is 0.168 e. The molecule has 0 aliphatic heterocycles. The average molecular weight is 850 g/mol. The van der Waals surface area contributed by atoms with Crippen LogP contribution in [0.4, 0.5) is 0 Å². The van der Waals surface area contributed by atoms with Crippen molar-refractivity contribution < 1.29 is 0 Å². The smallest absolute Gasteiger partial charge is 0.168 e. The van der Waals surface area contributed by atoms with E-state index in [1.807, 2.05) is 0 Å². The van der Waals surface area contributed by atoms with Crippen LogP contribution in [0.1, 0.15) is 0 Å². The Hall–Kier alpha value is -8.92. The van der Waals surface area contributed by atoms with Crippen LogP contribution in [0.2, 0.25) is 0 Å². The Balaban J connectivity index is 0.989. The zero-order valence-corrected chi connectivity index (χ0v) is 36.4. The van der Waals surface area contributed by atoms with Crippen molar-refractivity contribution in [1.82, 2.24) is 14.8 Å². The van der Waals surface area contributed by atoms with E-state index in [4.69, 9.17) is 10.2 Å². The zero-order valence-electron chi connectivity index (χ0n) is 36.4. The van der Waals surface area contributed by atoms with Gasteiger partial charge in [0.05, 0.1) is 0 Å². The molecular formula is C64H39N3. The molecule has 14 aromatic rings. The number of hydrogen-bond acceptors (Lipinski definition) is 2. The molecule has 0 saturated heterocycles. The highest BCUT2D eigenvalue weighted by molar-refractivity contribution is 6.31. The fraction of sp³-hybridized carbons (Fsp3) is 0. The summed E-state index contributed by atoms with van der Waals surface area (Å²) in [4.78, 5) is 0. The zero-order chi connectivity index (χ0) is 44.0. The van der Waals surface area contributed by atoms with Crippen LogP contribution in [0, 0.1) is 0 Å². The van der Waals surface area contributed by atoms with Crippen molar-refractivity contribution in [2.24, 2.45) is 0 Å². The van der Waals surface area contributed by atoms with Crippen LogP contribution < -0.4 is 0 Å². The number of rotatable bonds is 6. The van der Waals surface area contributed by atoms with Gasteiger partial charge in [0.15, 0.2) is 11.6 Å². The highest BCUT2D eigenvalue weighted by Gasteiger charge is 2.23. The second-order valence-electron chi connectivity index (χ2n) is 17.8. The molecule has 310 valence electrons. The molecule has 0 spiro atoms. The minimum absolute atomic E-state index is 0.797. The fourth-order valence-electron chi connectivity index (χ4n) is 10.7. The highest BCUT2D eigenvalue weighted by atomic mass is 15.3. The lowest BCUT2D eigenvalue weighted by atomic mass is 9.81. The molecule has 0 atom stereocenters. The summed E-state index contributed by atoms with van der Waals surface area (Å²) in [6.45, 7) is 0. The van der Waals surface area contributed by atoms with E-state index < -0.39 is 0 Å². The summed E-state index contributed by atoms with van der Waals surface area (Å²) in [6, 6.07) is 86.6. The third-order valence-electron chi connectivity index (χ3n) is 14.0. The molecule has 1 aromatic heterocycles. The second-order valence-corrected chi connectivity index (χ2v) is 17.8. The van der Waals surface area contributed by atoms with E-state index in [1.165, 1.54) is 97.7 Å². The first-order valence-electron chi connectivity index (χ1n) is 23.0. The summed E-state index contributed by atoms with van der Waals surface area (Å²) in [5.41, 5.74) is 10.2. The molecule has 0 unspecified atom stereocenters. The van der Waals surface area contributed by atoms with Crippen LogP contribution in [0.3, 0.4) is 0 Å². The lowest BCUT2D eigenvalue weighted by Crippen LogP contribution is -2.00. The summed E-state index contributed by atoms with van der Waals surface area (Å²) in [6.07, 6.45) is 0. The van der Waals surface area contributed by atoms with E-state index in [9.17, 15) is 0 Å². The van der Waals surface area contributed by atoms with Crippen molar-refractivity contribution in [2.45, 2.75) is 0 Å². The number of benzene rings is 13. The van der Waals surface area contributed by atoms with Crippen molar-refractivity contribution in [1.29, 1.82) is 0 Å². The number of aromatic nitrogens is 3. The lowest BCUT2D eigenvalue weighted by molar-refractivity contribution is 1.07. The molecule has 14 rings (SSSR count). The summed E-state index contributed by atoms with van der Waals surface area (Å²) < 4.78 is 2.21. The van der Waals surface area contributed by atoms with E-state index >= 15 is 0 Å². The van der Waals surface area contributed by atoms with E-state index in [0.717, 1.165) is 39.6 Å². The molecular weight excluding hydrogens is 811 g/mol. The van der Waals surface area contributed by atoms with Gasteiger partial charge in [-0.05, 0) is 157 Å². The first kappa shape index (κ1) is 37.5. The molecule has 13 aromatic carbocycles. The summed E-state index contributed by atoms with van der Waals surface area (Å²) in [7, 11) is 0. The minimum atomic E-state index is 0.797. The number of nitrogens with zero attached hydrogens (tertiary/aromatic N) is 3. The van der Waals surface area contributed by atoms with Gasteiger partial charge in [0.25, 0.3) is 0 Å². The van der Waals surface area contributed by atoms with Gasteiger partial charge in [0, 0.05) is 16.8 Å². The molecule has 1 heterocycles. The third-order valence-corrected chi connectivity index (χ3v) is 14.0. The first-order chi connectivity index (χ1) is 33.2. The lowest BCUT2D eigenvalue weighted by Gasteiger charge is -2.22. The van der Waals surface area contributed by atoms with Gasteiger partial charge in [-0.25, -0.2) is 0 Å². The van der Waals surface area contributed by atoms with Crippen LogP contribution >= 0.6 is 0 Å². The van der Waals surface area contributed by atoms with Crippen LogP contribution in [-0.2, 0) is 0 Å². The van der Waals surface area contributed by atoms with Crippen LogP contribution in [0.15, 0.2) is 237 Å². The Labute approximate surface area is 386 Å². The summed E-state index contributed by atoms with van der Waals surface area (Å²) in [5.74, 6) is 1.59. The SMILES string of the molecule is c1ccc2cc(-c3c(-c4ccc5ccccc5c4)c4cc(-c5ccc(-n6c(-c7ccc8ccccc8c7)nnc6-c6ccc7ccccc7c6)cc5)cc5ccc6cccc3c6c54)ccc2c1. The highest BCUT2D eigenvalue weighted by Crippen LogP contribution is 2.49.